The second-order valence-electron chi connectivity index (χ2n) is 7.83. The average molecular weight is 452 g/mol. The Morgan fingerprint density at radius 2 is 1.53 bits per heavy atom. The molecule has 0 amide bonds. The van der Waals surface area contributed by atoms with Gasteiger partial charge in [-0.2, -0.15) is 8.42 Å². The fraction of sp³-hybridized carbons (Fsp3) is 0.231. The molecule has 0 radical (unpaired) electrons. The lowest BCUT2D eigenvalue weighted by Gasteiger charge is -2.18. The van der Waals surface area contributed by atoms with Gasteiger partial charge in [0.15, 0.2) is 0 Å². The first-order valence-corrected chi connectivity index (χ1v) is 12.0. The van der Waals surface area contributed by atoms with Gasteiger partial charge in [-0.3, -0.25) is 4.55 Å². The van der Waals surface area contributed by atoms with Gasteiger partial charge < -0.3 is 9.64 Å². The van der Waals surface area contributed by atoms with Crippen molar-refractivity contribution in [3.05, 3.63) is 89.5 Å². The molecule has 0 aromatic heterocycles. The minimum Gasteiger partial charge on any atom is -0.456 e. The molecular weight excluding hydrogens is 422 g/mol. The maximum atomic E-state index is 10.5. The molecule has 4 rings (SSSR count). The van der Waals surface area contributed by atoms with Crippen LogP contribution in [0.3, 0.4) is 0 Å². The second-order valence-corrected chi connectivity index (χ2v) is 9.25. The number of hydrogen-bond acceptors (Lipinski definition) is 4. The molecule has 1 aliphatic heterocycles. The molecule has 5 nitrogen and oxygen atoms in total. The lowest BCUT2D eigenvalue weighted by molar-refractivity contribution is 0.376. The number of ether oxygens (including phenoxy) is 1. The highest BCUT2D eigenvalue weighted by molar-refractivity contribution is 7.85. The zero-order chi connectivity index (χ0) is 23.1. The van der Waals surface area contributed by atoms with Gasteiger partial charge in [0.1, 0.15) is 11.5 Å². The van der Waals surface area contributed by atoms with Crippen molar-refractivity contribution in [3.8, 4) is 11.5 Å². The van der Waals surface area contributed by atoms with Crippen LogP contribution in [0.5, 0.6) is 11.5 Å². The number of hydrogen-bond donors (Lipinski definition) is 1. The summed E-state index contributed by atoms with van der Waals surface area (Å²) in [5, 5.41) is 0. The van der Waals surface area contributed by atoms with E-state index in [1.165, 1.54) is 29.7 Å². The van der Waals surface area contributed by atoms with E-state index in [4.69, 9.17) is 9.29 Å². The third kappa shape index (κ3) is 6.29. The Morgan fingerprint density at radius 3 is 2.19 bits per heavy atom. The summed E-state index contributed by atoms with van der Waals surface area (Å²) < 4.78 is 35.7. The van der Waals surface area contributed by atoms with Crippen LogP contribution >= 0.6 is 0 Å². The van der Waals surface area contributed by atoms with Crippen molar-refractivity contribution in [3.63, 3.8) is 0 Å². The van der Waals surface area contributed by atoms with E-state index < -0.39 is 10.1 Å². The summed E-state index contributed by atoms with van der Waals surface area (Å²) in [4.78, 5) is 2.29. The molecule has 3 aromatic carbocycles. The van der Waals surface area contributed by atoms with Crippen LogP contribution in [0.25, 0.3) is 11.6 Å². The van der Waals surface area contributed by atoms with Gasteiger partial charge in [-0.05, 0) is 62.9 Å². The van der Waals surface area contributed by atoms with Gasteiger partial charge in [0.25, 0.3) is 10.1 Å². The number of aryl methyl sites for hydroxylation is 1. The number of para-hydroxylation sites is 2. The van der Waals surface area contributed by atoms with E-state index in [1.807, 2.05) is 31.2 Å². The van der Waals surface area contributed by atoms with Gasteiger partial charge in [-0.15, -0.1) is 0 Å². The molecule has 1 aliphatic rings. The van der Waals surface area contributed by atoms with Crippen molar-refractivity contribution in [2.75, 3.05) is 20.1 Å². The van der Waals surface area contributed by atoms with E-state index >= 15 is 0 Å². The smallest absolute Gasteiger partial charge is 0.294 e. The lowest BCUT2D eigenvalue weighted by Crippen LogP contribution is -2.21. The Kier molecular flexibility index (Phi) is 7.85. The van der Waals surface area contributed by atoms with Crippen LogP contribution < -0.4 is 4.74 Å². The van der Waals surface area contributed by atoms with Gasteiger partial charge in [-0.1, -0.05) is 61.0 Å². The normalized spacial score (nSPS) is 12.5. The highest BCUT2D eigenvalue weighted by Gasteiger charge is 2.16. The molecule has 6 heteroatoms. The molecule has 0 fully saturated rings. The van der Waals surface area contributed by atoms with Crippen molar-refractivity contribution in [2.24, 2.45) is 0 Å². The largest absolute Gasteiger partial charge is 0.456 e. The van der Waals surface area contributed by atoms with Gasteiger partial charge in [0.05, 0.1) is 4.90 Å². The van der Waals surface area contributed by atoms with Crippen LogP contribution in [0.1, 0.15) is 30.0 Å². The van der Waals surface area contributed by atoms with E-state index in [2.05, 4.69) is 49.2 Å². The summed E-state index contributed by atoms with van der Waals surface area (Å²) in [5.74, 6) is 1.87. The maximum Gasteiger partial charge on any atom is 0.294 e. The molecule has 0 unspecified atom stereocenters. The first-order valence-electron chi connectivity index (χ1n) is 10.6. The Labute approximate surface area is 190 Å². The van der Waals surface area contributed by atoms with Crippen molar-refractivity contribution >= 4 is 21.8 Å². The van der Waals surface area contributed by atoms with Gasteiger partial charge in [0.2, 0.25) is 0 Å². The first-order chi connectivity index (χ1) is 15.3. The summed E-state index contributed by atoms with van der Waals surface area (Å²) in [6, 6.07) is 22.5. The minimum atomic E-state index is -4.02. The Balaban J connectivity index is 0.000000222. The SMILES string of the molecule is CCCN(C)CC1=Cc2ccccc2Oc2ccccc21.Cc1ccc(S(=O)(=O)O)cc1. The molecule has 0 spiro atoms. The third-order valence-corrected chi connectivity index (χ3v) is 5.93. The van der Waals surface area contributed by atoms with E-state index in [-0.39, 0.29) is 4.90 Å². The summed E-state index contributed by atoms with van der Waals surface area (Å²) >= 11 is 0. The third-order valence-electron chi connectivity index (χ3n) is 5.07. The summed E-state index contributed by atoms with van der Waals surface area (Å²) in [7, 11) is -1.85. The topological polar surface area (TPSA) is 66.8 Å². The Bertz CT molecular complexity index is 1180. The molecule has 1 N–H and O–H groups in total. The lowest BCUT2D eigenvalue weighted by atomic mass is 10.0. The van der Waals surface area contributed by atoms with E-state index in [0.717, 1.165) is 35.7 Å². The minimum absolute atomic E-state index is 0.0666. The zero-order valence-corrected chi connectivity index (χ0v) is 19.5. The molecule has 0 saturated carbocycles. The maximum absolute atomic E-state index is 10.5. The van der Waals surface area contributed by atoms with E-state index in [0.29, 0.717) is 0 Å². The van der Waals surface area contributed by atoms with Crippen LogP contribution in [0.15, 0.2) is 77.7 Å². The van der Waals surface area contributed by atoms with Crippen molar-refractivity contribution in [1.29, 1.82) is 0 Å². The highest BCUT2D eigenvalue weighted by atomic mass is 32.2. The fourth-order valence-electron chi connectivity index (χ4n) is 3.49. The van der Waals surface area contributed by atoms with Crippen molar-refractivity contribution < 1.29 is 17.7 Å². The van der Waals surface area contributed by atoms with Gasteiger partial charge in [-0.25, -0.2) is 0 Å². The summed E-state index contributed by atoms with van der Waals surface area (Å²) in [6.45, 7) is 6.09. The molecule has 32 heavy (non-hydrogen) atoms. The summed E-state index contributed by atoms with van der Waals surface area (Å²) in [5.41, 5.74) is 4.61. The molecule has 0 atom stereocenters. The molecule has 0 saturated heterocycles. The van der Waals surface area contributed by atoms with Crippen LogP contribution in [-0.2, 0) is 10.1 Å². The Morgan fingerprint density at radius 1 is 0.906 bits per heavy atom. The van der Waals surface area contributed by atoms with Gasteiger partial charge in [0, 0.05) is 17.7 Å². The fourth-order valence-corrected chi connectivity index (χ4v) is 3.97. The van der Waals surface area contributed by atoms with Crippen molar-refractivity contribution in [1.82, 2.24) is 4.90 Å². The average Bonchev–Trinajstić information content (AvgIpc) is 2.90. The predicted molar refractivity (Wildman–Crippen MR) is 130 cm³/mol. The molecule has 1 heterocycles. The molecule has 0 bridgehead atoms. The molecule has 0 aliphatic carbocycles. The number of nitrogens with zero attached hydrogens (tertiary/aromatic N) is 1. The van der Waals surface area contributed by atoms with Crippen LogP contribution in [0, 0.1) is 6.92 Å². The van der Waals surface area contributed by atoms with E-state index in [9.17, 15) is 8.42 Å². The van der Waals surface area contributed by atoms with Crippen LogP contribution in [-0.4, -0.2) is 38.0 Å². The monoisotopic (exact) mass is 451 g/mol. The first kappa shape index (κ1) is 23.7. The van der Waals surface area contributed by atoms with Crippen molar-refractivity contribution in [2.45, 2.75) is 25.2 Å². The highest BCUT2D eigenvalue weighted by Crippen LogP contribution is 2.37. The molecular formula is C26H29NO4S. The number of rotatable bonds is 5. The zero-order valence-electron chi connectivity index (χ0n) is 18.7. The van der Waals surface area contributed by atoms with Crippen LogP contribution in [0.2, 0.25) is 0 Å². The number of fused-ring (bicyclic) bond motifs is 2. The van der Waals surface area contributed by atoms with E-state index in [1.54, 1.807) is 12.1 Å². The molecule has 3 aromatic rings. The number of likely N-dealkylation sites (N-methyl/N-ethyl adjacent to an activating group) is 1. The second kappa shape index (κ2) is 10.6. The predicted octanol–water partition coefficient (Wildman–Crippen LogP) is 5.92. The summed E-state index contributed by atoms with van der Waals surface area (Å²) in [6.07, 6.45) is 3.42. The van der Waals surface area contributed by atoms with Gasteiger partial charge >= 0.3 is 0 Å². The molecule has 168 valence electrons. The number of benzene rings is 3. The Hall–Kier alpha value is -2.93. The van der Waals surface area contributed by atoms with Crippen LogP contribution in [0.4, 0.5) is 0 Å². The quantitative estimate of drug-likeness (QED) is 0.488. The standard InChI is InChI=1S/C19H21NO.C7H8O3S/c1-3-12-20(2)14-16-13-15-8-4-6-10-18(15)21-19-11-7-5-9-17(16)19;1-6-2-4-7(5-3-6)11(8,9)10/h4-11,13H,3,12,14H2,1-2H3;2-5H,1H3,(H,8,9,10).